The Morgan fingerprint density at radius 1 is 1.00 bits per heavy atom. The Hall–Kier alpha value is -3.20. The van der Waals surface area contributed by atoms with Gasteiger partial charge in [0.25, 0.3) is 5.91 Å². The van der Waals surface area contributed by atoms with Crippen LogP contribution in [0.25, 0.3) is 11.0 Å². The molecule has 0 atom stereocenters. The normalized spacial score (nSPS) is 20.5. The van der Waals surface area contributed by atoms with Gasteiger partial charge in [-0.25, -0.2) is 9.67 Å². The Labute approximate surface area is 198 Å². The Kier molecular flexibility index (Phi) is 5.36. The van der Waals surface area contributed by atoms with Gasteiger partial charge in [-0.1, -0.05) is 19.3 Å². The average molecular weight is 462 g/mol. The smallest absolute Gasteiger partial charge is 0.254 e. The van der Waals surface area contributed by atoms with E-state index in [9.17, 15) is 9.90 Å². The van der Waals surface area contributed by atoms with E-state index in [2.05, 4.69) is 37.1 Å². The molecule has 1 amide bonds. The Morgan fingerprint density at radius 2 is 1.74 bits per heavy atom. The molecule has 34 heavy (non-hydrogen) atoms. The van der Waals surface area contributed by atoms with Crippen LogP contribution in [0.15, 0.2) is 36.7 Å². The third-order valence-electron chi connectivity index (χ3n) is 7.43. The van der Waals surface area contributed by atoms with E-state index >= 15 is 0 Å². The molecular formula is C25H31N7O2. The second kappa shape index (κ2) is 8.54. The number of aliphatic hydroxyl groups is 1. The first kappa shape index (κ1) is 21.3. The van der Waals surface area contributed by atoms with Gasteiger partial charge < -0.3 is 20.2 Å². The standard InChI is InChI=1S/C25H31N7O2/c33-23(25(34)10-11-25)31-14-12-30(13-15-31)20-8-6-19(7-9-20)28-24-26-16-18-17-27-32(22(18)29-24)21-4-2-1-3-5-21/h6-9,16-17,21,34H,1-5,10-15H2,(H,26,28,29). The van der Waals surface area contributed by atoms with Crippen molar-refractivity contribution in [3.63, 3.8) is 0 Å². The fourth-order valence-electron chi connectivity index (χ4n) is 5.17. The lowest BCUT2D eigenvalue weighted by Crippen LogP contribution is -2.52. The summed E-state index contributed by atoms with van der Waals surface area (Å²) in [6, 6.07) is 8.66. The predicted octanol–water partition coefficient (Wildman–Crippen LogP) is 3.25. The van der Waals surface area contributed by atoms with Crippen LogP contribution < -0.4 is 10.2 Å². The van der Waals surface area contributed by atoms with Crippen LogP contribution >= 0.6 is 0 Å². The summed E-state index contributed by atoms with van der Waals surface area (Å²) >= 11 is 0. The summed E-state index contributed by atoms with van der Waals surface area (Å²) in [6.45, 7) is 2.81. The third kappa shape index (κ3) is 4.09. The summed E-state index contributed by atoms with van der Waals surface area (Å²) in [5, 5.41) is 19.0. The van der Waals surface area contributed by atoms with Crippen molar-refractivity contribution in [1.82, 2.24) is 24.6 Å². The van der Waals surface area contributed by atoms with Crippen LogP contribution in [0, 0.1) is 0 Å². The van der Waals surface area contributed by atoms with Gasteiger partial charge in [-0.3, -0.25) is 4.79 Å². The van der Waals surface area contributed by atoms with Gasteiger partial charge in [-0.15, -0.1) is 0 Å². The van der Waals surface area contributed by atoms with Crippen LogP contribution in [0.2, 0.25) is 0 Å². The number of anilines is 3. The molecule has 3 aromatic rings. The van der Waals surface area contributed by atoms with Gasteiger partial charge in [0.1, 0.15) is 5.60 Å². The number of piperazine rings is 1. The number of fused-ring (bicyclic) bond motifs is 1. The first-order valence-electron chi connectivity index (χ1n) is 12.4. The van der Waals surface area contributed by atoms with Gasteiger partial charge in [0.15, 0.2) is 5.65 Å². The monoisotopic (exact) mass is 461 g/mol. The number of nitrogens with zero attached hydrogens (tertiary/aromatic N) is 6. The van der Waals surface area contributed by atoms with Crippen molar-refractivity contribution in [3.05, 3.63) is 36.7 Å². The van der Waals surface area contributed by atoms with Crippen LogP contribution in [0.4, 0.5) is 17.3 Å². The number of amides is 1. The minimum Gasteiger partial charge on any atom is -0.380 e. The summed E-state index contributed by atoms with van der Waals surface area (Å²) in [7, 11) is 0. The molecule has 6 rings (SSSR count). The van der Waals surface area contributed by atoms with Gasteiger partial charge in [0.2, 0.25) is 5.95 Å². The van der Waals surface area contributed by atoms with E-state index in [4.69, 9.17) is 4.98 Å². The molecule has 1 aliphatic heterocycles. The lowest BCUT2D eigenvalue weighted by molar-refractivity contribution is -0.142. The maximum Gasteiger partial charge on any atom is 0.254 e. The number of carbonyl (C=O) groups is 1. The van der Waals surface area contributed by atoms with Crippen molar-refractivity contribution in [3.8, 4) is 0 Å². The number of nitrogens with one attached hydrogen (secondary N) is 1. The van der Waals surface area contributed by atoms with E-state index in [0.29, 0.717) is 37.9 Å². The Bertz CT molecular complexity index is 1170. The van der Waals surface area contributed by atoms with Gasteiger partial charge in [-0.2, -0.15) is 10.1 Å². The highest BCUT2D eigenvalue weighted by Gasteiger charge is 2.50. The van der Waals surface area contributed by atoms with Crippen molar-refractivity contribution in [2.45, 2.75) is 56.6 Å². The molecule has 2 N–H and O–H groups in total. The van der Waals surface area contributed by atoms with Crippen LogP contribution in [-0.2, 0) is 4.79 Å². The van der Waals surface area contributed by atoms with E-state index < -0.39 is 5.60 Å². The van der Waals surface area contributed by atoms with Crippen LogP contribution in [0.1, 0.15) is 51.0 Å². The second-order valence-electron chi connectivity index (χ2n) is 9.84. The quantitative estimate of drug-likeness (QED) is 0.602. The predicted molar refractivity (Wildman–Crippen MR) is 130 cm³/mol. The van der Waals surface area contributed by atoms with Crippen LogP contribution in [0.5, 0.6) is 0 Å². The highest BCUT2D eigenvalue weighted by atomic mass is 16.3. The Morgan fingerprint density at radius 3 is 2.44 bits per heavy atom. The van der Waals surface area contributed by atoms with Crippen molar-refractivity contribution < 1.29 is 9.90 Å². The molecule has 3 fully saturated rings. The molecule has 2 aromatic heterocycles. The zero-order chi connectivity index (χ0) is 23.1. The number of rotatable bonds is 5. The van der Waals surface area contributed by atoms with Gasteiger partial charge in [-0.05, 0) is 49.9 Å². The van der Waals surface area contributed by atoms with Crippen LogP contribution in [0.3, 0.4) is 0 Å². The van der Waals surface area contributed by atoms with Gasteiger partial charge in [0.05, 0.1) is 17.6 Å². The zero-order valence-electron chi connectivity index (χ0n) is 19.4. The maximum absolute atomic E-state index is 12.4. The fraction of sp³-hybridized carbons (Fsp3) is 0.520. The molecule has 1 aromatic carbocycles. The first-order chi connectivity index (χ1) is 16.6. The van der Waals surface area contributed by atoms with Crippen molar-refractivity contribution in [1.29, 1.82) is 0 Å². The lowest BCUT2D eigenvalue weighted by atomic mass is 9.96. The molecule has 1 saturated heterocycles. The molecule has 2 saturated carbocycles. The molecular weight excluding hydrogens is 430 g/mol. The number of benzene rings is 1. The summed E-state index contributed by atoms with van der Waals surface area (Å²) < 4.78 is 2.08. The molecule has 0 radical (unpaired) electrons. The van der Waals surface area contributed by atoms with E-state index in [1.54, 1.807) is 4.90 Å². The summed E-state index contributed by atoms with van der Waals surface area (Å²) in [5.74, 6) is 0.469. The van der Waals surface area contributed by atoms with E-state index in [1.807, 2.05) is 24.5 Å². The number of hydrogen-bond acceptors (Lipinski definition) is 7. The van der Waals surface area contributed by atoms with Gasteiger partial charge in [0, 0.05) is 43.8 Å². The fourth-order valence-corrected chi connectivity index (χ4v) is 5.17. The van der Waals surface area contributed by atoms with E-state index in [0.717, 1.165) is 48.3 Å². The molecule has 0 spiro atoms. The molecule has 9 nitrogen and oxygen atoms in total. The first-order valence-corrected chi connectivity index (χ1v) is 12.4. The summed E-state index contributed by atoms with van der Waals surface area (Å²) in [4.78, 5) is 25.7. The Balaban J connectivity index is 1.11. The van der Waals surface area contributed by atoms with Crippen molar-refractivity contribution in [2.75, 3.05) is 36.4 Å². The van der Waals surface area contributed by atoms with E-state index in [1.165, 1.54) is 19.3 Å². The average Bonchev–Trinajstić information content (AvgIpc) is 3.50. The molecule has 3 heterocycles. The van der Waals surface area contributed by atoms with E-state index in [-0.39, 0.29) is 5.91 Å². The van der Waals surface area contributed by atoms with Crippen LogP contribution in [-0.4, -0.2) is 67.4 Å². The lowest BCUT2D eigenvalue weighted by Gasteiger charge is -2.37. The minimum atomic E-state index is -1.07. The molecule has 0 bridgehead atoms. The topological polar surface area (TPSA) is 99.4 Å². The highest BCUT2D eigenvalue weighted by Crippen LogP contribution is 2.37. The van der Waals surface area contributed by atoms with Crippen molar-refractivity contribution in [2.24, 2.45) is 0 Å². The zero-order valence-corrected chi connectivity index (χ0v) is 19.4. The largest absolute Gasteiger partial charge is 0.380 e. The maximum atomic E-state index is 12.4. The molecule has 0 unspecified atom stereocenters. The third-order valence-corrected chi connectivity index (χ3v) is 7.43. The molecule has 178 valence electrons. The molecule has 9 heteroatoms. The minimum absolute atomic E-state index is 0.103. The number of carbonyl (C=O) groups excluding carboxylic acids is 1. The summed E-state index contributed by atoms with van der Waals surface area (Å²) in [6.07, 6.45) is 11.0. The second-order valence-corrected chi connectivity index (χ2v) is 9.84. The molecule has 2 aliphatic carbocycles. The SMILES string of the molecule is O=C(N1CCN(c2ccc(Nc3ncc4cnn(C5CCCCC5)c4n3)cc2)CC1)C1(O)CC1. The van der Waals surface area contributed by atoms with Gasteiger partial charge >= 0.3 is 0 Å². The van der Waals surface area contributed by atoms with Crippen molar-refractivity contribution >= 4 is 34.3 Å². The summed E-state index contributed by atoms with van der Waals surface area (Å²) in [5.41, 5.74) is 1.87. The number of hydrogen-bond donors (Lipinski definition) is 2. The molecule has 3 aliphatic rings. The number of aromatic nitrogens is 4. The highest BCUT2D eigenvalue weighted by molar-refractivity contribution is 5.88.